The molecule has 302 valence electrons. The smallest absolute Gasteiger partial charge is 0.379 e. The molecule has 1 saturated heterocycles. The summed E-state index contributed by atoms with van der Waals surface area (Å²) in [7, 11) is 0. The first-order valence-corrected chi connectivity index (χ1v) is 18.6. The lowest BCUT2D eigenvalue weighted by molar-refractivity contribution is -0.137. The van der Waals surface area contributed by atoms with Gasteiger partial charge in [0.05, 0.1) is 79.9 Å². The van der Waals surface area contributed by atoms with Gasteiger partial charge in [0, 0.05) is 48.4 Å². The van der Waals surface area contributed by atoms with Crippen molar-refractivity contribution in [1.82, 2.24) is 20.4 Å². The van der Waals surface area contributed by atoms with Gasteiger partial charge in [0.2, 0.25) is 0 Å². The van der Waals surface area contributed by atoms with Crippen molar-refractivity contribution in [2.75, 3.05) is 69.5 Å². The maximum absolute atomic E-state index is 13.6. The SMILES string of the molecule is [N-]=[N+]=NCCOCCOCCOCCc1cn(Cc2cccc(C(=O)Nc3ccc(N4CCCCC4)cc3C(=O)NN=Cc3ccc(Cl)c(C(F)(F)F)c3)c2)nn1. The van der Waals surface area contributed by atoms with Gasteiger partial charge in [-0.05, 0) is 78.4 Å². The first kappa shape index (κ1) is 42.6. The molecule has 0 spiro atoms. The van der Waals surface area contributed by atoms with E-state index in [1.54, 1.807) is 41.2 Å². The van der Waals surface area contributed by atoms with Crippen molar-refractivity contribution in [2.45, 2.75) is 38.4 Å². The molecule has 3 aromatic carbocycles. The Morgan fingerprint density at radius 2 is 1.68 bits per heavy atom. The lowest BCUT2D eigenvalue weighted by atomic mass is 10.1. The highest BCUT2D eigenvalue weighted by Gasteiger charge is 2.33. The Bertz CT molecular complexity index is 2030. The summed E-state index contributed by atoms with van der Waals surface area (Å²) < 4.78 is 58.0. The number of hydrazone groups is 1. The second kappa shape index (κ2) is 21.7. The molecule has 1 aliphatic rings. The summed E-state index contributed by atoms with van der Waals surface area (Å²) in [6.07, 6.45) is 1.90. The molecule has 1 aliphatic heterocycles. The van der Waals surface area contributed by atoms with Crippen LogP contribution in [0, 0.1) is 0 Å². The van der Waals surface area contributed by atoms with Crippen LogP contribution in [0.4, 0.5) is 24.5 Å². The summed E-state index contributed by atoms with van der Waals surface area (Å²) >= 11 is 5.73. The molecule has 2 heterocycles. The van der Waals surface area contributed by atoms with Crippen molar-refractivity contribution in [3.05, 3.63) is 116 Å². The van der Waals surface area contributed by atoms with E-state index in [4.69, 9.17) is 31.3 Å². The quantitative estimate of drug-likeness (QED) is 0.0241. The van der Waals surface area contributed by atoms with Crippen molar-refractivity contribution in [3.8, 4) is 0 Å². The number of piperidine rings is 1. The fourth-order valence-corrected chi connectivity index (χ4v) is 6.06. The predicted molar refractivity (Wildman–Crippen MR) is 208 cm³/mol. The molecule has 57 heavy (non-hydrogen) atoms. The molecule has 1 aromatic heterocycles. The van der Waals surface area contributed by atoms with E-state index >= 15 is 0 Å². The number of amides is 2. The van der Waals surface area contributed by atoms with Crippen molar-refractivity contribution in [1.29, 1.82) is 0 Å². The summed E-state index contributed by atoms with van der Waals surface area (Å²) in [6.45, 7) is 4.65. The maximum atomic E-state index is 13.6. The fraction of sp³-hybridized carbons (Fsp3) is 0.395. The monoisotopic (exact) mass is 810 g/mol. The van der Waals surface area contributed by atoms with Gasteiger partial charge in [-0.1, -0.05) is 40.1 Å². The molecule has 19 heteroatoms. The van der Waals surface area contributed by atoms with E-state index in [1.165, 1.54) is 6.07 Å². The Kier molecular flexibility index (Phi) is 16.2. The Balaban J connectivity index is 1.16. The van der Waals surface area contributed by atoms with Gasteiger partial charge >= 0.3 is 6.18 Å². The van der Waals surface area contributed by atoms with E-state index in [0.29, 0.717) is 58.2 Å². The van der Waals surface area contributed by atoms with Crippen molar-refractivity contribution >= 4 is 41.0 Å². The zero-order valence-corrected chi connectivity index (χ0v) is 31.7. The zero-order chi connectivity index (χ0) is 40.5. The maximum Gasteiger partial charge on any atom is 0.417 e. The van der Waals surface area contributed by atoms with Crippen LogP contribution >= 0.6 is 11.6 Å². The summed E-state index contributed by atoms with van der Waals surface area (Å²) in [5.41, 5.74) is 12.7. The lowest BCUT2D eigenvalue weighted by Crippen LogP contribution is -2.30. The summed E-state index contributed by atoms with van der Waals surface area (Å²) in [5, 5.41) is 18.1. The van der Waals surface area contributed by atoms with Crippen LogP contribution in [0.3, 0.4) is 0 Å². The van der Waals surface area contributed by atoms with Crippen molar-refractivity contribution < 1.29 is 37.0 Å². The second-order valence-corrected chi connectivity index (χ2v) is 13.2. The fourth-order valence-electron chi connectivity index (χ4n) is 5.84. The number of rotatable bonds is 20. The molecule has 0 aliphatic carbocycles. The Morgan fingerprint density at radius 3 is 2.44 bits per heavy atom. The van der Waals surface area contributed by atoms with Crippen LogP contribution in [0.15, 0.2) is 77.1 Å². The van der Waals surface area contributed by atoms with Gasteiger partial charge in [-0.3, -0.25) is 9.59 Å². The Morgan fingerprint density at radius 1 is 0.930 bits per heavy atom. The first-order valence-electron chi connectivity index (χ1n) is 18.2. The first-order chi connectivity index (χ1) is 27.6. The number of hydrogen-bond donors (Lipinski definition) is 2. The van der Waals surface area contributed by atoms with Gasteiger partial charge in [0.1, 0.15) is 0 Å². The number of ether oxygens (including phenoxy) is 3. The van der Waals surface area contributed by atoms with Gasteiger partial charge in [-0.2, -0.15) is 18.3 Å². The van der Waals surface area contributed by atoms with Crippen molar-refractivity contribution in [3.63, 3.8) is 0 Å². The standard InChI is InChI=1S/C38H42ClF3N10O5/c39-34-9-7-27(22-33(34)38(40,41)42)24-45-48-37(54)32-23-31(51-13-2-1-3-14-51)8-10-35(32)46-36(53)29-6-4-5-28(21-29)25-52-26-30(47-50-52)11-15-55-17-19-57-20-18-56-16-12-44-49-43/h4-10,21-24,26H,1-3,11-20,25H2,(H,46,53)(H,48,54). The highest BCUT2D eigenvalue weighted by Crippen LogP contribution is 2.35. The van der Waals surface area contributed by atoms with E-state index in [9.17, 15) is 22.8 Å². The Labute approximate surface area is 331 Å². The third-order valence-corrected chi connectivity index (χ3v) is 8.99. The van der Waals surface area contributed by atoms with E-state index in [0.717, 1.165) is 67.6 Å². The lowest BCUT2D eigenvalue weighted by Gasteiger charge is -2.29. The molecule has 5 rings (SSSR count). The summed E-state index contributed by atoms with van der Waals surface area (Å²) in [5.74, 6) is -1.12. The number of azide groups is 1. The normalized spacial score (nSPS) is 13.1. The van der Waals surface area contributed by atoms with Crippen LogP contribution in [0.5, 0.6) is 0 Å². The summed E-state index contributed by atoms with van der Waals surface area (Å²) in [6, 6.07) is 15.4. The number of hydrogen-bond acceptors (Lipinski definition) is 10. The number of nitrogens with zero attached hydrogens (tertiary/aromatic N) is 8. The number of carbonyl (C=O) groups excluding carboxylic acids is 2. The number of nitrogens with one attached hydrogen (secondary N) is 2. The molecule has 2 N–H and O–H groups in total. The third kappa shape index (κ3) is 13.6. The van der Waals surface area contributed by atoms with Crippen LogP contribution in [-0.2, 0) is 33.4 Å². The minimum Gasteiger partial charge on any atom is -0.379 e. The number of halogens is 4. The van der Waals surface area contributed by atoms with Crippen LogP contribution < -0.4 is 15.6 Å². The van der Waals surface area contributed by atoms with Crippen LogP contribution in [-0.4, -0.2) is 92.3 Å². The molecule has 2 amide bonds. The van der Waals surface area contributed by atoms with E-state index < -0.39 is 28.6 Å². The molecule has 15 nitrogen and oxygen atoms in total. The van der Waals surface area contributed by atoms with E-state index in [2.05, 4.69) is 41.1 Å². The summed E-state index contributed by atoms with van der Waals surface area (Å²) in [4.78, 5) is 31.9. The molecule has 1 fully saturated rings. The highest BCUT2D eigenvalue weighted by atomic mass is 35.5. The minimum absolute atomic E-state index is 0.0801. The van der Waals surface area contributed by atoms with Gasteiger partial charge in [-0.25, -0.2) is 10.1 Å². The van der Waals surface area contributed by atoms with Gasteiger partial charge in [0.25, 0.3) is 11.8 Å². The topological polar surface area (TPSA) is 181 Å². The van der Waals surface area contributed by atoms with Gasteiger partial charge in [-0.15, -0.1) is 5.10 Å². The van der Waals surface area contributed by atoms with E-state index in [1.807, 2.05) is 12.1 Å². The number of benzene rings is 3. The molecule has 0 saturated carbocycles. The molecular formula is C38H42ClF3N10O5. The molecule has 0 radical (unpaired) electrons. The molecule has 0 atom stereocenters. The average molecular weight is 811 g/mol. The number of alkyl halides is 3. The molecule has 4 aromatic rings. The van der Waals surface area contributed by atoms with Crippen molar-refractivity contribution in [2.24, 2.45) is 10.2 Å². The number of carbonyl (C=O) groups is 2. The van der Waals surface area contributed by atoms with Gasteiger partial charge in [0.15, 0.2) is 0 Å². The van der Waals surface area contributed by atoms with E-state index in [-0.39, 0.29) is 23.4 Å². The highest BCUT2D eigenvalue weighted by molar-refractivity contribution is 6.31. The van der Waals surface area contributed by atoms with Crippen LogP contribution in [0.1, 0.15) is 62.4 Å². The number of aromatic nitrogens is 3. The Hall–Kier alpha value is -5.52. The molecule has 0 unspecified atom stereocenters. The largest absolute Gasteiger partial charge is 0.417 e. The minimum atomic E-state index is -4.66. The molecular weight excluding hydrogens is 769 g/mol. The van der Waals surface area contributed by atoms with Gasteiger partial charge < -0.3 is 24.4 Å². The predicted octanol–water partition coefficient (Wildman–Crippen LogP) is 6.91. The molecule has 0 bridgehead atoms. The number of anilines is 2. The third-order valence-electron chi connectivity index (χ3n) is 8.66. The zero-order valence-electron chi connectivity index (χ0n) is 31.0. The second-order valence-electron chi connectivity index (χ2n) is 12.8. The average Bonchev–Trinajstić information content (AvgIpc) is 3.65. The van der Waals surface area contributed by atoms with Crippen LogP contribution in [0.25, 0.3) is 10.4 Å². The van der Waals surface area contributed by atoms with Crippen LogP contribution in [0.2, 0.25) is 5.02 Å².